The van der Waals surface area contributed by atoms with Gasteiger partial charge in [0.25, 0.3) is 5.91 Å². The summed E-state index contributed by atoms with van der Waals surface area (Å²) < 4.78 is 0. The lowest BCUT2D eigenvalue weighted by Gasteiger charge is -2.18. The highest BCUT2D eigenvalue weighted by atomic mass is 16.4. The molecule has 4 heteroatoms. The Morgan fingerprint density at radius 1 is 1.21 bits per heavy atom. The van der Waals surface area contributed by atoms with Gasteiger partial charge in [-0.25, -0.2) is 0 Å². The zero-order chi connectivity index (χ0) is 14.5. The van der Waals surface area contributed by atoms with E-state index in [9.17, 15) is 9.59 Å². The quantitative estimate of drug-likeness (QED) is 0.828. The summed E-state index contributed by atoms with van der Waals surface area (Å²) in [6.07, 6.45) is 1.34. The van der Waals surface area contributed by atoms with Crippen molar-refractivity contribution in [2.75, 3.05) is 6.54 Å². The minimum absolute atomic E-state index is 0.163. The van der Waals surface area contributed by atoms with Crippen molar-refractivity contribution in [3.8, 4) is 0 Å². The molecule has 0 radical (unpaired) electrons. The number of carbonyl (C=O) groups excluding carboxylic acids is 1. The predicted octanol–water partition coefficient (Wildman–Crippen LogP) is 2.48. The van der Waals surface area contributed by atoms with Crippen LogP contribution in [0.25, 0.3) is 0 Å². The fraction of sp³-hybridized carbons (Fsp3) is 0.467. The summed E-state index contributed by atoms with van der Waals surface area (Å²) in [5.41, 5.74) is 0.966. The van der Waals surface area contributed by atoms with E-state index >= 15 is 0 Å². The molecule has 0 spiro atoms. The summed E-state index contributed by atoms with van der Waals surface area (Å²) in [7, 11) is 0. The van der Waals surface area contributed by atoms with E-state index in [0.717, 1.165) is 6.42 Å². The van der Waals surface area contributed by atoms with Gasteiger partial charge >= 0.3 is 5.97 Å². The number of hydrogen-bond donors (Lipinski definition) is 2. The number of carboxylic acids is 1. The normalized spacial score (nSPS) is 11.1. The van der Waals surface area contributed by atoms with Crippen molar-refractivity contribution in [1.29, 1.82) is 0 Å². The molecule has 0 bridgehead atoms. The minimum atomic E-state index is -0.853. The van der Waals surface area contributed by atoms with E-state index in [0.29, 0.717) is 18.5 Å². The molecule has 0 aliphatic heterocycles. The van der Waals surface area contributed by atoms with Crippen LogP contribution in [0.5, 0.6) is 0 Å². The molecular formula is C15H21NO3. The first-order valence-corrected chi connectivity index (χ1v) is 6.47. The molecule has 1 rings (SSSR count). The van der Waals surface area contributed by atoms with Crippen LogP contribution in [0.4, 0.5) is 0 Å². The summed E-state index contributed by atoms with van der Waals surface area (Å²) in [6, 6.07) is 7.43. The second-order valence-electron chi connectivity index (χ2n) is 5.25. The molecule has 0 heterocycles. The van der Waals surface area contributed by atoms with Crippen LogP contribution in [0.3, 0.4) is 0 Å². The fourth-order valence-electron chi connectivity index (χ4n) is 1.59. The van der Waals surface area contributed by atoms with Gasteiger partial charge in [-0.3, -0.25) is 9.59 Å². The second kappa shape index (κ2) is 6.36. The van der Waals surface area contributed by atoms with Crippen LogP contribution in [0.15, 0.2) is 24.3 Å². The van der Waals surface area contributed by atoms with Gasteiger partial charge < -0.3 is 10.4 Å². The van der Waals surface area contributed by atoms with Crippen molar-refractivity contribution < 1.29 is 14.7 Å². The molecule has 1 aromatic rings. The SMILES string of the molecule is CCc1ccc(C(=O)NCCC(C)(C)C(=O)O)cc1. The first-order valence-electron chi connectivity index (χ1n) is 6.47. The van der Waals surface area contributed by atoms with Gasteiger partial charge in [0.2, 0.25) is 0 Å². The van der Waals surface area contributed by atoms with Gasteiger partial charge in [-0.05, 0) is 44.4 Å². The number of carbonyl (C=O) groups is 2. The number of rotatable bonds is 6. The van der Waals surface area contributed by atoms with Crippen LogP contribution in [0.2, 0.25) is 0 Å². The highest BCUT2D eigenvalue weighted by molar-refractivity contribution is 5.94. The van der Waals surface area contributed by atoms with E-state index in [1.807, 2.05) is 12.1 Å². The van der Waals surface area contributed by atoms with E-state index in [1.165, 1.54) is 5.56 Å². The molecule has 0 fully saturated rings. The average molecular weight is 263 g/mol. The Balaban J connectivity index is 2.49. The van der Waals surface area contributed by atoms with Crippen molar-refractivity contribution in [3.05, 3.63) is 35.4 Å². The van der Waals surface area contributed by atoms with Crippen LogP contribution in [0, 0.1) is 5.41 Å². The van der Waals surface area contributed by atoms with Gasteiger partial charge in [-0.2, -0.15) is 0 Å². The third-order valence-corrected chi connectivity index (χ3v) is 3.24. The van der Waals surface area contributed by atoms with Gasteiger partial charge in [-0.1, -0.05) is 19.1 Å². The van der Waals surface area contributed by atoms with E-state index in [1.54, 1.807) is 26.0 Å². The minimum Gasteiger partial charge on any atom is -0.481 e. The summed E-state index contributed by atoms with van der Waals surface area (Å²) in [4.78, 5) is 22.8. The number of benzene rings is 1. The first kappa shape index (κ1) is 15.2. The lowest BCUT2D eigenvalue weighted by Crippen LogP contribution is -2.31. The van der Waals surface area contributed by atoms with Gasteiger partial charge in [0, 0.05) is 12.1 Å². The van der Waals surface area contributed by atoms with Gasteiger partial charge in [-0.15, -0.1) is 0 Å². The van der Waals surface area contributed by atoms with E-state index in [4.69, 9.17) is 5.11 Å². The zero-order valence-electron chi connectivity index (χ0n) is 11.7. The molecule has 0 aliphatic rings. The molecule has 104 valence electrons. The summed E-state index contributed by atoms with van der Waals surface area (Å²) >= 11 is 0. The Labute approximate surface area is 113 Å². The summed E-state index contributed by atoms with van der Waals surface area (Å²) in [5.74, 6) is -1.02. The topological polar surface area (TPSA) is 66.4 Å². The molecule has 1 aromatic carbocycles. The molecule has 0 aliphatic carbocycles. The van der Waals surface area contributed by atoms with Crippen LogP contribution >= 0.6 is 0 Å². The lowest BCUT2D eigenvalue weighted by atomic mass is 9.90. The molecule has 0 saturated heterocycles. The number of nitrogens with one attached hydrogen (secondary N) is 1. The van der Waals surface area contributed by atoms with E-state index < -0.39 is 11.4 Å². The predicted molar refractivity (Wildman–Crippen MR) is 74.2 cm³/mol. The maximum atomic E-state index is 11.8. The Bertz CT molecular complexity index is 449. The Hall–Kier alpha value is -1.84. The van der Waals surface area contributed by atoms with Crippen molar-refractivity contribution in [3.63, 3.8) is 0 Å². The smallest absolute Gasteiger partial charge is 0.309 e. The maximum absolute atomic E-state index is 11.8. The molecule has 0 atom stereocenters. The molecule has 0 aromatic heterocycles. The Morgan fingerprint density at radius 3 is 2.26 bits per heavy atom. The monoisotopic (exact) mass is 263 g/mol. The van der Waals surface area contributed by atoms with Crippen molar-refractivity contribution in [1.82, 2.24) is 5.32 Å². The number of amides is 1. The zero-order valence-corrected chi connectivity index (χ0v) is 11.7. The van der Waals surface area contributed by atoms with Gasteiger partial charge in [0.1, 0.15) is 0 Å². The maximum Gasteiger partial charge on any atom is 0.309 e. The average Bonchev–Trinajstić information content (AvgIpc) is 2.38. The molecule has 0 saturated carbocycles. The number of aliphatic carboxylic acids is 1. The Kier molecular flexibility index (Phi) is 5.10. The van der Waals surface area contributed by atoms with E-state index in [2.05, 4.69) is 12.2 Å². The van der Waals surface area contributed by atoms with Crippen LogP contribution < -0.4 is 5.32 Å². The van der Waals surface area contributed by atoms with E-state index in [-0.39, 0.29) is 5.91 Å². The standard InChI is InChI=1S/C15H21NO3/c1-4-11-5-7-12(8-6-11)13(17)16-10-9-15(2,3)14(18)19/h5-8H,4,9-10H2,1-3H3,(H,16,17)(H,18,19). The fourth-order valence-corrected chi connectivity index (χ4v) is 1.59. The summed E-state index contributed by atoms with van der Waals surface area (Å²) in [5, 5.41) is 11.7. The largest absolute Gasteiger partial charge is 0.481 e. The number of hydrogen-bond acceptors (Lipinski definition) is 2. The highest BCUT2D eigenvalue weighted by Crippen LogP contribution is 2.19. The number of carboxylic acid groups (broad SMARTS) is 1. The van der Waals surface area contributed by atoms with Crippen molar-refractivity contribution >= 4 is 11.9 Å². The summed E-state index contributed by atoms with van der Waals surface area (Å²) in [6.45, 7) is 5.71. The third kappa shape index (κ3) is 4.39. The lowest BCUT2D eigenvalue weighted by molar-refractivity contribution is -0.147. The van der Waals surface area contributed by atoms with Gasteiger partial charge in [0.05, 0.1) is 5.41 Å². The molecule has 0 unspecified atom stereocenters. The third-order valence-electron chi connectivity index (χ3n) is 3.24. The van der Waals surface area contributed by atoms with Crippen LogP contribution in [-0.2, 0) is 11.2 Å². The van der Waals surface area contributed by atoms with Crippen LogP contribution in [-0.4, -0.2) is 23.5 Å². The molecule has 2 N–H and O–H groups in total. The first-order chi connectivity index (χ1) is 8.86. The van der Waals surface area contributed by atoms with Crippen molar-refractivity contribution in [2.24, 2.45) is 5.41 Å². The highest BCUT2D eigenvalue weighted by Gasteiger charge is 2.26. The van der Waals surface area contributed by atoms with Crippen molar-refractivity contribution in [2.45, 2.75) is 33.6 Å². The Morgan fingerprint density at radius 2 is 1.79 bits per heavy atom. The van der Waals surface area contributed by atoms with Crippen LogP contribution in [0.1, 0.15) is 43.1 Å². The second-order valence-corrected chi connectivity index (χ2v) is 5.25. The molecule has 19 heavy (non-hydrogen) atoms. The van der Waals surface area contributed by atoms with Gasteiger partial charge in [0.15, 0.2) is 0 Å². The molecule has 4 nitrogen and oxygen atoms in total. The molecule has 1 amide bonds. The number of aryl methyl sites for hydroxylation is 1. The molecular weight excluding hydrogens is 242 g/mol.